The van der Waals surface area contributed by atoms with Gasteiger partial charge in [0, 0.05) is 12.0 Å². The molecule has 2 fully saturated rings. The highest BCUT2D eigenvalue weighted by molar-refractivity contribution is 5.80. The Labute approximate surface area is 117 Å². The lowest BCUT2D eigenvalue weighted by Gasteiger charge is -2.08. The minimum absolute atomic E-state index is 0.0352. The standard InChI is InChI=1S/C16H18N2O2/c1-16(2)12(13(16)15(19)20)14-17-10-5-3-4-6-11(10)18(14)9-7-8-9/h3-6,9,12-13H,7-8H2,1-2H3,(H,19,20). The number of hydrogen-bond acceptors (Lipinski definition) is 2. The smallest absolute Gasteiger partial charge is 0.307 e. The summed E-state index contributed by atoms with van der Waals surface area (Å²) in [5.74, 6) is 0.00492. The Hall–Kier alpha value is -1.84. The molecule has 4 rings (SSSR count). The SMILES string of the molecule is CC1(C)C(C(=O)O)C1c1nc2ccccc2n1C1CC1. The van der Waals surface area contributed by atoms with Gasteiger partial charge in [-0.15, -0.1) is 0 Å². The monoisotopic (exact) mass is 270 g/mol. The van der Waals surface area contributed by atoms with Crippen LogP contribution in [0.3, 0.4) is 0 Å². The van der Waals surface area contributed by atoms with Gasteiger partial charge in [0.25, 0.3) is 0 Å². The van der Waals surface area contributed by atoms with Crippen molar-refractivity contribution in [1.29, 1.82) is 0 Å². The van der Waals surface area contributed by atoms with Gasteiger partial charge >= 0.3 is 5.97 Å². The molecule has 4 heteroatoms. The zero-order valence-electron chi connectivity index (χ0n) is 11.7. The first kappa shape index (κ1) is 11.9. The molecule has 0 bridgehead atoms. The highest BCUT2D eigenvalue weighted by atomic mass is 16.4. The summed E-state index contributed by atoms with van der Waals surface area (Å²) in [6.45, 7) is 4.07. The highest BCUT2D eigenvalue weighted by Crippen LogP contribution is 2.65. The van der Waals surface area contributed by atoms with E-state index < -0.39 is 5.97 Å². The van der Waals surface area contributed by atoms with Gasteiger partial charge in [-0.05, 0) is 30.4 Å². The Morgan fingerprint density at radius 3 is 2.65 bits per heavy atom. The maximum absolute atomic E-state index is 11.4. The van der Waals surface area contributed by atoms with Crippen LogP contribution in [0.2, 0.25) is 0 Å². The summed E-state index contributed by atoms with van der Waals surface area (Å²) in [7, 11) is 0. The summed E-state index contributed by atoms with van der Waals surface area (Å²) in [5.41, 5.74) is 1.94. The number of aromatic nitrogens is 2. The van der Waals surface area contributed by atoms with Crippen LogP contribution in [0.1, 0.15) is 44.5 Å². The largest absolute Gasteiger partial charge is 0.481 e. The Balaban J connectivity index is 1.88. The zero-order chi connectivity index (χ0) is 14.1. The molecule has 2 atom stereocenters. The van der Waals surface area contributed by atoms with Gasteiger partial charge in [-0.1, -0.05) is 26.0 Å². The van der Waals surface area contributed by atoms with Crippen molar-refractivity contribution in [2.45, 2.75) is 38.6 Å². The summed E-state index contributed by atoms with van der Waals surface area (Å²) in [6, 6.07) is 8.64. The van der Waals surface area contributed by atoms with E-state index in [2.05, 4.69) is 10.6 Å². The Morgan fingerprint density at radius 2 is 2.05 bits per heavy atom. The summed E-state index contributed by atoms with van der Waals surface area (Å²) in [4.78, 5) is 16.2. The lowest BCUT2D eigenvalue weighted by Crippen LogP contribution is -2.04. The van der Waals surface area contributed by atoms with Crippen molar-refractivity contribution in [2.24, 2.45) is 11.3 Å². The van der Waals surface area contributed by atoms with E-state index in [1.54, 1.807) is 0 Å². The molecule has 1 aromatic heterocycles. The van der Waals surface area contributed by atoms with Gasteiger partial charge in [0.15, 0.2) is 0 Å². The molecular formula is C16H18N2O2. The molecule has 0 saturated heterocycles. The summed E-state index contributed by atoms with van der Waals surface area (Å²) in [5, 5.41) is 9.40. The number of carbonyl (C=O) groups is 1. The van der Waals surface area contributed by atoms with Crippen molar-refractivity contribution in [2.75, 3.05) is 0 Å². The number of nitrogens with zero attached hydrogens (tertiary/aromatic N) is 2. The predicted octanol–water partition coefficient (Wildman–Crippen LogP) is 3.20. The number of carboxylic acid groups (broad SMARTS) is 1. The van der Waals surface area contributed by atoms with Gasteiger partial charge in [-0.25, -0.2) is 4.98 Å². The molecular weight excluding hydrogens is 252 g/mol. The van der Waals surface area contributed by atoms with Crippen LogP contribution in [0.15, 0.2) is 24.3 Å². The van der Waals surface area contributed by atoms with E-state index >= 15 is 0 Å². The quantitative estimate of drug-likeness (QED) is 0.931. The number of benzene rings is 1. The molecule has 0 amide bonds. The third-order valence-corrected chi connectivity index (χ3v) is 4.91. The van der Waals surface area contributed by atoms with Crippen molar-refractivity contribution < 1.29 is 9.90 Å². The number of hydrogen-bond donors (Lipinski definition) is 1. The van der Waals surface area contributed by atoms with E-state index in [1.807, 2.05) is 32.0 Å². The third-order valence-electron chi connectivity index (χ3n) is 4.91. The van der Waals surface area contributed by atoms with Gasteiger partial charge in [0.1, 0.15) is 5.82 Å². The van der Waals surface area contributed by atoms with Crippen LogP contribution in [-0.2, 0) is 4.79 Å². The number of imidazole rings is 1. The van der Waals surface area contributed by atoms with E-state index in [4.69, 9.17) is 4.98 Å². The first-order valence-electron chi connectivity index (χ1n) is 7.21. The Morgan fingerprint density at radius 1 is 1.35 bits per heavy atom. The van der Waals surface area contributed by atoms with E-state index in [-0.39, 0.29) is 17.3 Å². The molecule has 0 spiro atoms. The van der Waals surface area contributed by atoms with Crippen molar-refractivity contribution in [3.63, 3.8) is 0 Å². The lowest BCUT2D eigenvalue weighted by atomic mass is 10.1. The zero-order valence-corrected chi connectivity index (χ0v) is 11.7. The molecule has 2 aromatic rings. The predicted molar refractivity (Wildman–Crippen MR) is 75.7 cm³/mol. The molecule has 2 unspecified atom stereocenters. The minimum atomic E-state index is -0.700. The van der Waals surface area contributed by atoms with E-state index in [1.165, 1.54) is 12.8 Å². The fourth-order valence-corrected chi connectivity index (χ4v) is 3.58. The van der Waals surface area contributed by atoms with Crippen LogP contribution in [0.25, 0.3) is 11.0 Å². The van der Waals surface area contributed by atoms with Gasteiger partial charge in [-0.3, -0.25) is 4.79 Å². The second-order valence-corrected chi connectivity index (χ2v) is 6.67. The molecule has 2 aliphatic carbocycles. The summed E-state index contributed by atoms with van der Waals surface area (Å²) in [6.07, 6.45) is 2.36. The second kappa shape index (κ2) is 3.62. The second-order valence-electron chi connectivity index (χ2n) is 6.67. The van der Waals surface area contributed by atoms with Crippen LogP contribution >= 0.6 is 0 Å². The van der Waals surface area contributed by atoms with Gasteiger partial charge in [0.2, 0.25) is 0 Å². The van der Waals surface area contributed by atoms with Crippen molar-refractivity contribution in [3.8, 4) is 0 Å². The molecule has 0 radical (unpaired) electrons. The van der Waals surface area contributed by atoms with Crippen molar-refractivity contribution in [1.82, 2.24) is 9.55 Å². The molecule has 1 heterocycles. The Kier molecular flexibility index (Phi) is 2.16. The fraction of sp³-hybridized carbons (Fsp3) is 0.500. The Bertz CT molecular complexity index is 712. The summed E-state index contributed by atoms with van der Waals surface area (Å²) >= 11 is 0. The summed E-state index contributed by atoms with van der Waals surface area (Å²) < 4.78 is 2.30. The number of carboxylic acids is 1. The van der Waals surface area contributed by atoms with E-state index in [9.17, 15) is 9.90 Å². The van der Waals surface area contributed by atoms with Crippen molar-refractivity contribution in [3.05, 3.63) is 30.1 Å². The maximum atomic E-state index is 11.4. The van der Waals surface area contributed by atoms with E-state index in [0.717, 1.165) is 16.9 Å². The van der Waals surface area contributed by atoms with Gasteiger partial charge < -0.3 is 9.67 Å². The molecule has 0 aliphatic heterocycles. The van der Waals surface area contributed by atoms with E-state index in [0.29, 0.717) is 6.04 Å². The first-order valence-corrected chi connectivity index (χ1v) is 7.21. The van der Waals surface area contributed by atoms with Crippen LogP contribution in [0.5, 0.6) is 0 Å². The average Bonchev–Trinajstić information content (AvgIpc) is 3.26. The topological polar surface area (TPSA) is 55.1 Å². The fourth-order valence-electron chi connectivity index (χ4n) is 3.58. The number of rotatable bonds is 3. The molecule has 2 saturated carbocycles. The average molecular weight is 270 g/mol. The van der Waals surface area contributed by atoms with Crippen LogP contribution in [-0.4, -0.2) is 20.6 Å². The van der Waals surface area contributed by atoms with Crippen LogP contribution in [0, 0.1) is 11.3 Å². The third kappa shape index (κ3) is 1.48. The van der Waals surface area contributed by atoms with Crippen molar-refractivity contribution >= 4 is 17.0 Å². The highest BCUT2D eigenvalue weighted by Gasteiger charge is 2.65. The molecule has 1 aromatic carbocycles. The van der Waals surface area contributed by atoms with Gasteiger partial charge in [-0.2, -0.15) is 0 Å². The normalized spacial score (nSPS) is 27.7. The van der Waals surface area contributed by atoms with Crippen LogP contribution in [0.4, 0.5) is 0 Å². The van der Waals surface area contributed by atoms with Crippen LogP contribution < -0.4 is 0 Å². The number of aliphatic carboxylic acids is 1. The first-order chi connectivity index (χ1) is 9.51. The molecule has 4 nitrogen and oxygen atoms in total. The minimum Gasteiger partial charge on any atom is -0.481 e. The molecule has 2 aliphatic rings. The molecule has 1 N–H and O–H groups in total. The molecule has 104 valence electrons. The number of fused-ring (bicyclic) bond motifs is 1. The molecule has 20 heavy (non-hydrogen) atoms. The maximum Gasteiger partial charge on any atom is 0.307 e. The van der Waals surface area contributed by atoms with Gasteiger partial charge in [0.05, 0.1) is 17.0 Å². The lowest BCUT2D eigenvalue weighted by molar-refractivity contribution is -0.139. The number of para-hydroxylation sites is 2.